The minimum Gasteiger partial charge on any atom is -0.454 e. The van der Waals surface area contributed by atoms with Crippen LogP contribution < -0.4 is 0 Å². The Labute approximate surface area is 177 Å². The van der Waals surface area contributed by atoms with Crippen LogP contribution in [-0.2, 0) is 19.1 Å². The van der Waals surface area contributed by atoms with E-state index < -0.39 is 35.5 Å². The Hall–Kier alpha value is -1.79. The fourth-order valence-electron chi connectivity index (χ4n) is 7.47. The molecule has 0 radical (unpaired) electrons. The molecule has 6 heteroatoms. The predicted octanol–water partition coefficient (Wildman–Crippen LogP) is 2.52. The van der Waals surface area contributed by atoms with Gasteiger partial charge in [-0.2, -0.15) is 0 Å². The zero-order chi connectivity index (χ0) is 21.9. The number of rotatable bonds is 4. The Kier molecular flexibility index (Phi) is 5.09. The lowest BCUT2D eigenvalue weighted by molar-refractivity contribution is -0.184. The van der Waals surface area contributed by atoms with Crippen molar-refractivity contribution in [1.29, 1.82) is 0 Å². The van der Waals surface area contributed by atoms with Gasteiger partial charge in [-0.25, -0.2) is 4.79 Å². The lowest BCUT2D eigenvalue weighted by atomic mass is 9.45. The largest absolute Gasteiger partial charge is 0.454 e. The van der Waals surface area contributed by atoms with E-state index in [1.54, 1.807) is 6.08 Å². The summed E-state index contributed by atoms with van der Waals surface area (Å²) in [5, 5.41) is 22.8. The molecule has 30 heavy (non-hydrogen) atoms. The molecule has 7 atom stereocenters. The fourth-order valence-corrected chi connectivity index (χ4v) is 7.47. The molecule has 0 aromatic heterocycles. The van der Waals surface area contributed by atoms with Gasteiger partial charge in [-0.15, -0.1) is 0 Å². The van der Waals surface area contributed by atoms with Crippen LogP contribution in [0.5, 0.6) is 0 Å². The zero-order valence-electron chi connectivity index (χ0n) is 17.9. The van der Waals surface area contributed by atoms with Crippen molar-refractivity contribution >= 4 is 17.5 Å². The average molecular weight is 417 g/mol. The van der Waals surface area contributed by atoms with Crippen molar-refractivity contribution < 1.29 is 29.3 Å². The van der Waals surface area contributed by atoms with E-state index in [1.807, 2.05) is 6.92 Å². The van der Waals surface area contributed by atoms with Crippen LogP contribution >= 0.6 is 0 Å². The van der Waals surface area contributed by atoms with Crippen molar-refractivity contribution in [2.45, 2.75) is 70.5 Å². The minimum atomic E-state index is -1.62. The number of hydrogen-bond donors (Lipinski definition) is 2. The van der Waals surface area contributed by atoms with E-state index in [4.69, 9.17) is 4.74 Å². The highest BCUT2D eigenvalue weighted by molar-refractivity contribution is 5.92. The molecule has 0 amide bonds. The van der Waals surface area contributed by atoms with E-state index in [-0.39, 0.29) is 29.0 Å². The number of carbonyl (C=O) groups excluding carboxylic acids is 3. The summed E-state index contributed by atoms with van der Waals surface area (Å²) in [4.78, 5) is 36.3. The summed E-state index contributed by atoms with van der Waals surface area (Å²) in [6.45, 7) is 6.93. The molecule has 4 rings (SSSR count). The van der Waals surface area contributed by atoms with Gasteiger partial charge in [0, 0.05) is 17.9 Å². The van der Waals surface area contributed by atoms with Gasteiger partial charge >= 0.3 is 5.97 Å². The molecule has 6 nitrogen and oxygen atoms in total. The van der Waals surface area contributed by atoms with Crippen molar-refractivity contribution in [3.05, 3.63) is 24.3 Å². The summed E-state index contributed by atoms with van der Waals surface area (Å²) >= 11 is 0. The summed E-state index contributed by atoms with van der Waals surface area (Å²) in [7, 11) is 0. The Balaban J connectivity index is 1.63. The van der Waals surface area contributed by atoms with Gasteiger partial charge in [0.05, 0.1) is 6.10 Å². The molecule has 0 heterocycles. The maximum atomic E-state index is 13.0. The van der Waals surface area contributed by atoms with Crippen LogP contribution in [-0.4, -0.2) is 46.1 Å². The molecule has 0 spiro atoms. The van der Waals surface area contributed by atoms with E-state index in [1.165, 1.54) is 0 Å². The van der Waals surface area contributed by atoms with Gasteiger partial charge in [0.1, 0.15) is 5.60 Å². The third-order valence-corrected chi connectivity index (χ3v) is 9.02. The second kappa shape index (κ2) is 7.13. The highest BCUT2D eigenvalue weighted by Crippen LogP contribution is 2.67. The Morgan fingerprint density at radius 3 is 2.70 bits per heavy atom. The number of allylic oxidation sites excluding steroid dienone is 1. The normalized spacial score (nSPS) is 44.9. The second-order valence-corrected chi connectivity index (χ2v) is 10.2. The van der Waals surface area contributed by atoms with Gasteiger partial charge in [-0.3, -0.25) is 9.59 Å². The summed E-state index contributed by atoms with van der Waals surface area (Å²) in [5.74, 6) is -0.704. The molecular weight excluding hydrogens is 384 g/mol. The lowest BCUT2D eigenvalue weighted by Crippen LogP contribution is -2.62. The molecule has 164 valence electrons. The molecule has 7 unspecified atom stereocenters. The average Bonchev–Trinajstić information content (AvgIpc) is 2.97. The summed E-state index contributed by atoms with van der Waals surface area (Å²) < 4.78 is 4.92. The van der Waals surface area contributed by atoms with Gasteiger partial charge in [-0.1, -0.05) is 26.0 Å². The zero-order valence-corrected chi connectivity index (χ0v) is 17.9. The molecule has 0 aromatic carbocycles. The van der Waals surface area contributed by atoms with Crippen molar-refractivity contribution in [2.24, 2.45) is 28.6 Å². The molecule has 4 aliphatic rings. The summed E-state index contributed by atoms with van der Waals surface area (Å²) in [6, 6.07) is 0. The lowest BCUT2D eigenvalue weighted by Gasteiger charge is -2.60. The maximum absolute atomic E-state index is 13.0. The number of ketones is 2. The first-order valence-electron chi connectivity index (χ1n) is 11.0. The smallest absolute Gasteiger partial charge is 0.330 e. The maximum Gasteiger partial charge on any atom is 0.330 e. The van der Waals surface area contributed by atoms with Crippen LogP contribution in [0, 0.1) is 28.6 Å². The van der Waals surface area contributed by atoms with Crippen molar-refractivity contribution in [2.75, 3.05) is 6.61 Å². The summed E-state index contributed by atoms with van der Waals surface area (Å²) in [6.07, 6.45) is 6.41. The Bertz CT molecular complexity index is 830. The number of hydrogen-bond acceptors (Lipinski definition) is 6. The Morgan fingerprint density at radius 1 is 1.27 bits per heavy atom. The van der Waals surface area contributed by atoms with E-state index in [0.29, 0.717) is 25.7 Å². The number of esters is 1. The molecule has 3 fully saturated rings. The molecule has 2 N–H and O–H groups in total. The molecular formula is C24H32O6. The number of aliphatic hydroxyl groups excluding tert-OH is 1. The van der Waals surface area contributed by atoms with E-state index >= 15 is 0 Å². The van der Waals surface area contributed by atoms with Gasteiger partial charge in [0.2, 0.25) is 5.78 Å². The minimum absolute atomic E-state index is 0.0275. The first kappa shape index (κ1) is 21.4. The first-order chi connectivity index (χ1) is 14.1. The van der Waals surface area contributed by atoms with Gasteiger partial charge in [0.15, 0.2) is 12.4 Å². The molecule has 3 saturated carbocycles. The highest BCUT2D eigenvalue weighted by Gasteiger charge is 2.68. The standard InChI is InChI=1S/C24H32O6/c1-4-20(28)30-13-19(27)24(29)10-8-17-16-6-5-14-11-15(25)7-9-22(14,2)21(16)18(26)12-23(17,24)3/h4,11,16-18,21,26,29H,1,5-10,12-13H2,2-3H3. The van der Waals surface area contributed by atoms with Gasteiger partial charge in [-0.05, 0) is 67.8 Å². The number of ether oxygens (including phenoxy) is 1. The van der Waals surface area contributed by atoms with Crippen LogP contribution in [0.15, 0.2) is 24.3 Å². The van der Waals surface area contributed by atoms with Crippen LogP contribution in [0.2, 0.25) is 0 Å². The van der Waals surface area contributed by atoms with Crippen LogP contribution in [0.1, 0.15) is 58.8 Å². The summed E-state index contributed by atoms with van der Waals surface area (Å²) in [5.41, 5.74) is -1.44. The van der Waals surface area contributed by atoms with Gasteiger partial charge < -0.3 is 14.9 Å². The van der Waals surface area contributed by atoms with Crippen LogP contribution in [0.3, 0.4) is 0 Å². The first-order valence-corrected chi connectivity index (χ1v) is 11.0. The second-order valence-electron chi connectivity index (χ2n) is 10.2. The van der Waals surface area contributed by atoms with Crippen molar-refractivity contribution in [1.82, 2.24) is 0 Å². The van der Waals surface area contributed by atoms with Crippen LogP contribution in [0.4, 0.5) is 0 Å². The number of carbonyl (C=O) groups is 3. The number of fused-ring (bicyclic) bond motifs is 5. The van der Waals surface area contributed by atoms with Crippen LogP contribution in [0.25, 0.3) is 0 Å². The van der Waals surface area contributed by atoms with E-state index in [9.17, 15) is 24.6 Å². The third-order valence-electron chi connectivity index (χ3n) is 9.02. The van der Waals surface area contributed by atoms with Gasteiger partial charge in [0.25, 0.3) is 0 Å². The predicted molar refractivity (Wildman–Crippen MR) is 109 cm³/mol. The molecule has 0 bridgehead atoms. The number of Topliss-reactive ketones (excluding diaryl/α,β-unsaturated/α-hetero) is 1. The Morgan fingerprint density at radius 2 is 2.00 bits per heavy atom. The van der Waals surface area contributed by atoms with E-state index in [2.05, 4.69) is 13.5 Å². The highest BCUT2D eigenvalue weighted by atomic mass is 16.5. The molecule has 0 aromatic rings. The molecule has 4 aliphatic carbocycles. The quantitative estimate of drug-likeness (QED) is 0.539. The number of aliphatic hydroxyl groups is 2. The monoisotopic (exact) mass is 416 g/mol. The van der Waals surface area contributed by atoms with Crippen molar-refractivity contribution in [3.63, 3.8) is 0 Å². The molecule has 0 aliphatic heterocycles. The van der Waals surface area contributed by atoms with E-state index in [0.717, 1.165) is 30.9 Å². The fraction of sp³-hybridized carbons (Fsp3) is 0.708. The molecule has 0 saturated heterocycles. The SMILES string of the molecule is C=CC(=O)OCC(=O)C1(O)CCC2C3CCC4=CC(=O)CCC4(C)C3C(O)CC21C. The van der Waals surface area contributed by atoms with Crippen molar-refractivity contribution in [3.8, 4) is 0 Å². The third kappa shape index (κ3) is 2.87. The topological polar surface area (TPSA) is 101 Å².